The summed E-state index contributed by atoms with van der Waals surface area (Å²) in [4.78, 5) is 22.1. The van der Waals surface area contributed by atoms with Crippen LogP contribution in [0.25, 0.3) is 0 Å². The summed E-state index contributed by atoms with van der Waals surface area (Å²) in [5, 5.41) is 16.2. The van der Waals surface area contributed by atoms with Crippen LogP contribution in [0.4, 0.5) is 11.4 Å². The van der Waals surface area contributed by atoms with E-state index in [0.29, 0.717) is 12.1 Å². The third-order valence-corrected chi connectivity index (χ3v) is 3.93. The lowest BCUT2D eigenvalue weighted by molar-refractivity contribution is -0.384. The SMILES string of the molecule is CCCCCCC(=O)N[C@H](Nc1ccc([N+](=O)[O-])cc1)C(Cl)(Cl)Cl. The van der Waals surface area contributed by atoms with E-state index in [1.54, 1.807) is 0 Å². The molecule has 1 aromatic rings. The van der Waals surface area contributed by atoms with E-state index in [-0.39, 0.29) is 11.6 Å². The number of hydrogen-bond acceptors (Lipinski definition) is 4. The summed E-state index contributed by atoms with van der Waals surface area (Å²) in [7, 11) is 0. The largest absolute Gasteiger partial charge is 0.362 e. The molecular formula is C15H20Cl3N3O3. The number of rotatable bonds is 9. The quantitative estimate of drug-likeness (QED) is 0.207. The minimum absolute atomic E-state index is 0.0501. The molecule has 6 nitrogen and oxygen atoms in total. The summed E-state index contributed by atoms with van der Waals surface area (Å²) < 4.78 is -1.78. The number of carbonyl (C=O) groups excluding carboxylic acids is 1. The molecule has 0 saturated heterocycles. The molecule has 0 aromatic heterocycles. The Kier molecular flexibility index (Phi) is 8.59. The van der Waals surface area contributed by atoms with E-state index in [0.717, 1.165) is 25.7 Å². The number of anilines is 1. The molecule has 1 aromatic carbocycles. The van der Waals surface area contributed by atoms with Gasteiger partial charge in [0.15, 0.2) is 0 Å². The number of nitrogens with zero attached hydrogens (tertiary/aromatic N) is 1. The maximum atomic E-state index is 12.0. The molecule has 9 heteroatoms. The normalized spacial score (nSPS) is 12.5. The van der Waals surface area contributed by atoms with Crippen molar-refractivity contribution >= 4 is 52.1 Å². The Morgan fingerprint density at radius 1 is 1.21 bits per heavy atom. The van der Waals surface area contributed by atoms with E-state index in [2.05, 4.69) is 17.6 Å². The first-order chi connectivity index (χ1) is 11.2. The van der Waals surface area contributed by atoms with Crippen molar-refractivity contribution in [3.63, 3.8) is 0 Å². The lowest BCUT2D eigenvalue weighted by Crippen LogP contribution is -2.49. The standard InChI is InChI=1S/C15H20Cl3N3O3/c1-2-3-4-5-6-13(22)20-14(15(16,17)18)19-11-7-9-12(10-8-11)21(23)24/h7-10,14,19H,2-6H2,1H3,(H,20,22)/t14-/m0/s1. The van der Waals surface area contributed by atoms with Crippen LogP contribution in [0.2, 0.25) is 0 Å². The van der Waals surface area contributed by atoms with Crippen LogP contribution in [0.3, 0.4) is 0 Å². The molecule has 134 valence electrons. The van der Waals surface area contributed by atoms with Crippen LogP contribution in [-0.2, 0) is 4.79 Å². The summed E-state index contributed by atoms with van der Waals surface area (Å²) in [5.41, 5.74) is 0.439. The zero-order valence-electron chi connectivity index (χ0n) is 13.2. The molecule has 0 fully saturated rings. The van der Waals surface area contributed by atoms with E-state index in [9.17, 15) is 14.9 Å². The van der Waals surface area contributed by atoms with Crippen molar-refractivity contribution in [1.82, 2.24) is 5.32 Å². The lowest BCUT2D eigenvalue weighted by atomic mass is 10.1. The Balaban J connectivity index is 2.65. The van der Waals surface area contributed by atoms with Crippen LogP contribution in [0, 0.1) is 10.1 Å². The van der Waals surface area contributed by atoms with Gasteiger partial charge < -0.3 is 10.6 Å². The Labute approximate surface area is 156 Å². The lowest BCUT2D eigenvalue weighted by Gasteiger charge is -2.27. The molecule has 1 atom stereocenters. The Hall–Kier alpha value is -1.24. The Morgan fingerprint density at radius 3 is 2.33 bits per heavy atom. The van der Waals surface area contributed by atoms with Gasteiger partial charge in [0.2, 0.25) is 9.70 Å². The van der Waals surface area contributed by atoms with Gasteiger partial charge in [-0.3, -0.25) is 14.9 Å². The monoisotopic (exact) mass is 395 g/mol. The van der Waals surface area contributed by atoms with E-state index in [4.69, 9.17) is 34.8 Å². The number of non-ortho nitro benzene ring substituents is 1. The fourth-order valence-corrected chi connectivity index (χ4v) is 2.32. The maximum Gasteiger partial charge on any atom is 0.269 e. The predicted molar refractivity (Wildman–Crippen MR) is 97.7 cm³/mol. The number of alkyl halides is 3. The van der Waals surface area contributed by atoms with Crippen LogP contribution >= 0.6 is 34.8 Å². The zero-order chi connectivity index (χ0) is 18.2. The van der Waals surface area contributed by atoms with Crippen molar-refractivity contribution in [2.75, 3.05) is 5.32 Å². The van der Waals surface area contributed by atoms with Crippen LogP contribution in [-0.4, -0.2) is 20.8 Å². The van der Waals surface area contributed by atoms with Gasteiger partial charge in [-0.2, -0.15) is 0 Å². The topological polar surface area (TPSA) is 84.3 Å². The van der Waals surface area contributed by atoms with Crippen LogP contribution in [0.5, 0.6) is 0 Å². The second kappa shape index (κ2) is 9.91. The molecule has 2 N–H and O–H groups in total. The van der Waals surface area contributed by atoms with Gasteiger partial charge in [-0.1, -0.05) is 61.0 Å². The molecule has 0 bridgehead atoms. The first-order valence-electron chi connectivity index (χ1n) is 7.61. The number of benzene rings is 1. The average Bonchev–Trinajstić information content (AvgIpc) is 2.50. The van der Waals surface area contributed by atoms with E-state index in [1.165, 1.54) is 24.3 Å². The van der Waals surface area contributed by atoms with Crippen molar-refractivity contribution in [1.29, 1.82) is 0 Å². The Bertz CT molecular complexity index is 547. The highest BCUT2D eigenvalue weighted by atomic mass is 35.6. The van der Waals surface area contributed by atoms with Gasteiger partial charge >= 0.3 is 0 Å². The van der Waals surface area contributed by atoms with E-state index in [1.807, 2.05) is 0 Å². The Morgan fingerprint density at radius 2 is 1.83 bits per heavy atom. The van der Waals surface area contributed by atoms with Gasteiger partial charge in [0.25, 0.3) is 5.69 Å². The number of nitro benzene ring substituents is 1. The molecule has 0 aliphatic carbocycles. The average molecular weight is 397 g/mol. The minimum atomic E-state index is -1.78. The molecule has 1 rings (SSSR count). The third-order valence-electron chi connectivity index (χ3n) is 3.28. The van der Waals surface area contributed by atoms with Crippen molar-refractivity contribution in [3.05, 3.63) is 34.4 Å². The molecule has 0 saturated carbocycles. The number of nitro groups is 1. The number of amides is 1. The number of hydrogen-bond donors (Lipinski definition) is 2. The number of halogens is 3. The third kappa shape index (κ3) is 7.55. The second-order valence-corrected chi connectivity index (χ2v) is 7.67. The van der Waals surface area contributed by atoms with Crippen molar-refractivity contribution in [3.8, 4) is 0 Å². The van der Waals surface area contributed by atoms with Crippen LogP contribution in [0.1, 0.15) is 39.0 Å². The number of unbranched alkanes of at least 4 members (excludes halogenated alkanes) is 3. The van der Waals surface area contributed by atoms with Crippen LogP contribution in [0.15, 0.2) is 24.3 Å². The summed E-state index contributed by atoms with van der Waals surface area (Å²) in [6.45, 7) is 2.09. The summed E-state index contributed by atoms with van der Waals surface area (Å²) in [6, 6.07) is 5.61. The highest BCUT2D eigenvalue weighted by Crippen LogP contribution is 2.31. The van der Waals surface area contributed by atoms with Gasteiger partial charge in [-0.25, -0.2) is 0 Å². The molecule has 0 aliphatic heterocycles. The van der Waals surface area contributed by atoms with Crippen LogP contribution < -0.4 is 10.6 Å². The van der Waals surface area contributed by atoms with Gasteiger partial charge in [0, 0.05) is 24.2 Å². The zero-order valence-corrected chi connectivity index (χ0v) is 15.5. The first kappa shape index (κ1) is 20.8. The fourth-order valence-electron chi connectivity index (χ4n) is 1.99. The fraction of sp³-hybridized carbons (Fsp3) is 0.533. The molecule has 0 heterocycles. The number of nitrogens with one attached hydrogen (secondary N) is 2. The highest BCUT2D eigenvalue weighted by molar-refractivity contribution is 6.68. The summed E-state index contributed by atoms with van der Waals surface area (Å²) in [6.07, 6.45) is 3.28. The second-order valence-electron chi connectivity index (χ2n) is 5.30. The predicted octanol–water partition coefficient (Wildman–Crippen LogP) is 4.79. The summed E-state index contributed by atoms with van der Waals surface area (Å²) >= 11 is 17.7. The van der Waals surface area contributed by atoms with Gasteiger partial charge in [0.1, 0.15) is 6.17 Å². The van der Waals surface area contributed by atoms with E-state index < -0.39 is 14.9 Å². The van der Waals surface area contributed by atoms with Crippen molar-refractivity contribution in [2.45, 2.75) is 49.0 Å². The highest BCUT2D eigenvalue weighted by Gasteiger charge is 2.34. The maximum absolute atomic E-state index is 12.0. The molecule has 0 radical (unpaired) electrons. The number of carbonyl (C=O) groups is 1. The smallest absolute Gasteiger partial charge is 0.269 e. The molecular weight excluding hydrogens is 377 g/mol. The summed E-state index contributed by atoms with van der Waals surface area (Å²) in [5.74, 6) is -0.225. The first-order valence-corrected chi connectivity index (χ1v) is 8.74. The molecule has 0 unspecified atom stereocenters. The van der Waals surface area contributed by atoms with E-state index >= 15 is 0 Å². The van der Waals surface area contributed by atoms with Gasteiger partial charge in [0.05, 0.1) is 4.92 Å². The molecule has 1 amide bonds. The minimum Gasteiger partial charge on any atom is -0.362 e. The molecule has 0 spiro atoms. The van der Waals surface area contributed by atoms with Crippen molar-refractivity contribution < 1.29 is 9.72 Å². The van der Waals surface area contributed by atoms with Crippen molar-refractivity contribution in [2.24, 2.45) is 0 Å². The molecule has 0 aliphatic rings. The van der Waals surface area contributed by atoms with Gasteiger partial charge in [-0.05, 0) is 18.6 Å². The van der Waals surface area contributed by atoms with Gasteiger partial charge in [-0.15, -0.1) is 0 Å². The molecule has 24 heavy (non-hydrogen) atoms.